The molecule has 0 radical (unpaired) electrons. The van der Waals surface area contributed by atoms with Crippen molar-refractivity contribution in [1.29, 1.82) is 0 Å². The monoisotopic (exact) mass is 569 g/mol. The lowest BCUT2D eigenvalue weighted by molar-refractivity contribution is 0.0742. The van der Waals surface area contributed by atoms with E-state index in [0.29, 0.717) is 62.1 Å². The third kappa shape index (κ3) is 5.18. The van der Waals surface area contributed by atoms with Crippen LogP contribution in [0.1, 0.15) is 21.5 Å². The number of fused-ring (bicyclic) bond motifs is 1. The number of hydrogen-bond donors (Lipinski definition) is 0. The minimum atomic E-state index is -3.82. The normalized spacial score (nSPS) is 15.9. The minimum Gasteiger partial charge on any atom is -0.495 e. The van der Waals surface area contributed by atoms with Gasteiger partial charge >= 0.3 is 0 Å². The molecule has 0 spiro atoms. The summed E-state index contributed by atoms with van der Waals surface area (Å²) in [6.45, 7) is 2.17. The maximum Gasteiger partial charge on any atom is 0.256 e. The molecule has 0 atom stereocenters. The van der Waals surface area contributed by atoms with Gasteiger partial charge in [0.05, 0.1) is 37.5 Å². The number of carbonyl (C=O) groups is 1. The maximum atomic E-state index is 14.2. The number of ether oxygens (including phenoxy) is 3. The molecule has 9 nitrogen and oxygen atoms in total. The number of halogens is 1. The van der Waals surface area contributed by atoms with Crippen LogP contribution in [-0.4, -0.2) is 77.6 Å². The molecule has 0 N–H and O–H groups in total. The Bertz CT molecular complexity index is 1520. The van der Waals surface area contributed by atoms with Crippen molar-refractivity contribution in [1.82, 2.24) is 9.21 Å². The van der Waals surface area contributed by atoms with E-state index in [1.807, 2.05) is 17.0 Å². The predicted octanol–water partition coefficient (Wildman–Crippen LogP) is 3.56. The Labute approximate surface area is 233 Å². The lowest BCUT2D eigenvalue weighted by atomic mass is 10.0. The Kier molecular flexibility index (Phi) is 7.86. The van der Waals surface area contributed by atoms with Crippen LogP contribution < -0.4 is 19.1 Å². The summed E-state index contributed by atoms with van der Waals surface area (Å²) in [6, 6.07) is 14.5. The van der Waals surface area contributed by atoms with Crippen molar-refractivity contribution in [2.24, 2.45) is 0 Å². The van der Waals surface area contributed by atoms with Gasteiger partial charge in [-0.1, -0.05) is 12.1 Å². The molecule has 0 aliphatic carbocycles. The molecule has 0 unspecified atom stereocenters. The lowest BCUT2D eigenvalue weighted by Gasteiger charge is -2.37. The van der Waals surface area contributed by atoms with Crippen LogP contribution in [0.4, 0.5) is 10.1 Å². The molecule has 2 aliphatic heterocycles. The average molecular weight is 570 g/mol. The molecule has 1 amide bonds. The number of hydrogen-bond acceptors (Lipinski definition) is 7. The molecule has 11 heteroatoms. The van der Waals surface area contributed by atoms with Crippen molar-refractivity contribution in [3.05, 3.63) is 77.1 Å². The molecule has 3 aromatic carbocycles. The molecule has 212 valence electrons. The van der Waals surface area contributed by atoms with Gasteiger partial charge in [0, 0.05) is 39.3 Å². The summed E-state index contributed by atoms with van der Waals surface area (Å²) in [5.74, 6) is 0.801. The summed E-state index contributed by atoms with van der Waals surface area (Å²) in [4.78, 5) is 16.6. The molecule has 5 rings (SSSR count). The van der Waals surface area contributed by atoms with E-state index in [9.17, 15) is 17.6 Å². The fraction of sp³-hybridized carbons (Fsp3) is 0.345. The summed E-state index contributed by atoms with van der Waals surface area (Å²) in [5, 5.41) is 0. The van der Waals surface area contributed by atoms with Crippen LogP contribution in [-0.2, 0) is 23.0 Å². The average Bonchev–Trinajstić information content (AvgIpc) is 2.99. The topological polar surface area (TPSA) is 88.6 Å². The Morgan fingerprint density at radius 1 is 0.800 bits per heavy atom. The molecule has 1 fully saturated rings. The third-order valence-corrected chi connectivity index (χ3v) is 9.32. The van der Waals surface area contributed by atoms with Crippen LogP contribution in [0, 0.1) is 5.82 Å². The fourth-order valence-corrected chi connectivity index (χ4v) is 6.68. The van der Waals surface area contributed by atoms with Gasteiger partial charge in [0.2, 0.25) is 10.0 Å². The van der Waals surface area contributed by atoms with Gasteiger partial charge in [0.25, 0.3) is 5.91 Å². The van der Waals surface area contributed by atoms with Crippen LogP contribution in [0.3, 0.4) is 0 Å². The first-order valence-electron chi connectivity index (χ1n) is 13.0. The van der Waals surface area contributed by atoms with E-state index in [-0.39, 0.29) is 22.9 Å². The van der Waals surface area contributed by atoms with Crippen LogP contribution in [0.5, 0.6) is 17.2 Å². The number of benzene rings is 3. The second-order valence-electron chi connectivity index (χ2n) is 9.66. The highest BCUT2D eigenvalue weighted by Gasteiger charge is 2.31. The number of piperazine rings is 1. The van der Waals surface area contributed by atoms with Crippen molar-refractivity contribution < 1.29 is 31.8 Å². The number of carbonyl (C=O) groups excluding carboxylic acids is 1. The van der Waals surface area contributed by atoms with Crippen molar-refractivity contribution >= 4 is 21.6 Å². The van der Waals surface area contributed by atoms with E-state index in [1.54, 1.807) is 49.5 Å². The molecular formula is C29H32FN3O6S. The van der Waals surface area contributed by atoms with E-state index in [1.165, 1.54) is 23.5 Å². The highest BCUT2D eigenvalue weighted by molar-refractivity contribution is 7.89. The quantitative estimate of drug-likeness (QED) is 0.430. The van der Waals surface area contributed by atoms with Crippen molar-refractivity contribution in [2.75, 3.05) is 59.0 Å². The number of rotatable bonds is 7. The van der Waals surface area contributed by atoms with E-state index in [4.69, 9.17) is 14.2 Å². The zero-order chi connectivity index (χ0) is 28.4. The van der Waals surface area contributed by atoms with Crippen LogP contribution in [0.25, 0.3) is 0 Å². The molecule has 0 bridgehead atoms. The summed E-state index contributed by atoms with van der Waals surface area (Å²) >= 11 is 0. The zero-order valence-corrected chi connectivity index (χ0v) is 23.5. The standard InChI is InChI=1S/C29H32FN3O6S/c1-37-26-9-8-22(40(35,36)33-11-10-20-16-27(38-2)28(39-3)17-21(20)19-33)18-25(26)31-12-14-32(15-13-31)29(34)23-6-4-5-7-24(23)30/h4-9,16-18H,10-15,19H2,1-3H3. The van der Waals surface area contributed by atoms with Gasteiger partial charge in [-0.25, -0.2) is 12.8 Å². The molecule has 2 aliphatic rings. The highest BCUT2D eigenvalue weighted by atomic mass is 32.2. The van der Waals surface area contributed by atoms with Gasteiger partial charge in [-0.05, 0) is 60.0 Å². The Balaban J connectivity index is 1.35. The van der Waals surface area contributed by atoms with Gasteiger partial charge in [-0.3, -0.25) is 4.79 Å². The first kappa shape index (κ1) is 27.7. The summed E-state index contributed by atoms with van der Waals surface area (Å²) in [6.07, 6.45) is 0.552. The van der Waals surface area contributed by atoms with E-state index < -0.39 is 15.8 Å². The first-order chi connectivity index (χ1) is 19.3. The van der Waals surface area contributed by atoms with Gasteiger partial charge in [0.15, 0.2) is 11.5 Å². The highest BCUT2D eigenvalue weighted by Crippen LogP contribution is 2.36. The van der Waals surface area contributed by atoms with Crippen LogP contribution in [0.15, 0.2) is 59.5 Å². The zero-order valence-electron chi connectivity index (χ0n) is 22.7. The smallest absolute Gasteiger partial charge is 0.256 e. The van der Waals surface area contributed by atoms with Crippen molar-refractivity contribution in [3.8, 4) is 17.2 Å². The number of methoxy groups -OCH3 is 3. The number of nitrogens with zero attached hydrogens (tertiary/aromatic N) is 3. The third-order valence-electron chi connectivity index (χ3n) is 7.48. The summed E-state index contributed by atoms with van der Waals surface area (Å²) in [5.41, 5.74) is 2.57. The molecule has 1 saturated heterocycles. The van der Waals surface area contributed by atoms with E-state index in [2.05, 4.69) is 0 Å². The van der Waals surface area contributed by atoms with E-state index >= 15 is 0 Å². The van der Waals surface area contributed by atoms with Crippen molar-refractivity contribution in [3.63, 3.8) is 0 Å². The lowest BCUT2D eigenvalue weighted by Crippen LogP contribution is -2.49. The molecule has 0 aromatic heterocycles. The Morgan fingerprint density at radius 3 is 2.10 bits per heavy atom. The van der Waals surface area contributed by atoms with Gasteiger partial charge < -0.3 is 24.0 Å². The molecular weight excluding hydrogens is 537 g/mol. The van der Waals surface area contributed by atoms with Crippen LogP contribution >= 0.6 is 0 Å². The van der Waals surface area contributed by atoms with Crippen molar-refractivity contribution in [2.45, 2.75) is 17.9 Å². The predicted molar refractivity (Wildman–Crippen MR) is 148 cm³/mol. The molecule has 2 heterocycles. The molecule has 40 heavy (non-hydrogen) atoms. The first-order valence-corrected chi connectivity index (χ1v) is 14.4. The Morgan fingerprint density at radius 2 is 1.45 bits per heavy atom. The molecule has 3 aromatic rings. The number of sulfonamides is 1. The fourth-order valence-electron chi connectivity index (χ4n) is 5.24. The SMILES string of the molecule is COc1cc2c(cc1OC)CN(S(=O)(=O)c1ccc(OC)c(N3CCN(C(=O)c4ccccc4F)CC3)c1)CC2. The van der Waals surface area contributed by atoms with Gasteiger partial charge in [-0.15, -0.1) is 0 Å². The largest absolute Gasteiger partial charge is 0.495 e. The second kappa shape index (κ2) is 11.3. The van der Waals surface area contributed by atoms with Crippen LogP contribution in [0.2, 0.25) is 0 Å². The maximum absolute atomic E-state index is 14.2. The van der Waals surface area contributed by atoms with Gasteiger partial charge in [0.1, 0.15) is 11.6 Å². The van der Waals surface area contributed by atoms with E-state index in [0.717, 1.165) is 11.1 Å². The van der Waals surface area contributed by atoms with Gasteiger partial charge in [-0.2, -0.15) is 4.31 Å². The number of amides is 1. The summed E-state index contributed by atoms with van der Waals surface area (Å²) < 4.78 is 59.5. The minimum absolute atomic E-state index is 0.0424. The number of anilines is 1. The second-order valence-corrected chi connectivity index (χ2v) is 11.6. The molecule has 0 saturated carbocycles. The Hall–Kier alpha value is -3.83. The summed E-state index contributed by atoms with van der Waals surface area (Å²) in [7, 11) is 0.845.